The minimum Gasteiger partial charge on any atom is -0.493 e. The van der Waals surface area contributed by atoms with E-state index in [4.69, 9.17) is 0 Å². The van der Waals surface area contributed by atoms with Crippen molar-refractivity contribution in [3.8, 4) is 5.88 Å². The number of sulfone groups is 1. The molecule has 22 heavy (non-hydrogen) atoms. The van der Waals surface area contributed by atoms with E-state index in [1.165, 1.54) is 0 Å². The summed E-state index contributed by atoms with van der Waals surface area (Å²) in [5, 5.41) is 18.0. The fraction of sp³-hybridized carbons (Fsp3) is 0.357. The average Bonchev–Trinajstić information content (AvgIpc) is 2.97. The molecule has 8 heteroatoms. The van der Waals surface area contributed by atoms with E-state index in [0.29, 0.717) is 5.39 Å². The van der Waals surface area contributed by atoms with E-state index < -0.39 is 21.7 Å². The summed E-state index contributed by atoms with van der Waals surface area (Å²) in [5.74, 6) is -1.54. The zero-order chi connectivity index (χ0) is 15.9. The summed E-state index contributed by atoms with van der Waals surface area (Å²) >= 11 is 0. The number of hydrogen-bond donors (Lipinski definition) is 2. The van der Waals surface area contributed by atoms with Crippen molar-refractivity contribution in [2.24, 2.45) is 16.1 Å². The molecule has 2 heterocycles. The van der Waals surface area contributed by atoms with Crippen LogP contribution in [0.25, 0.3) is 10.9 Å². The van der Waals surface area contributed by atoms with Gasteiger partial charge in [0.25, 0.3) is 5.91 Å². The highest BCUT2D eigenvalue weighted by Crippen LogP contribution is 2.36. The Morgan fingerprint density at radius 3 is 2.86 bits per heavy atom. The third-order valence-electron chi connectivity index (χ3n) is 3.83. The van der Waals surface area contributed by atoms with Crippen LogP contribution in [0.3, 0.4) is 0 Å². The van der Waals surface area contributed by atoms with Crippen LogP contribution in [0.15, 0.2) is 28.4 Å². The number of aromatic amines is 1. The molecular formula is C14H15N3O4S. The highest BCUT2D eigenvalue weighted by atomic mass is 32.2. The van der Waals surface area contributed by atoms with Crippen molar-refractivity contribution in [3.05, 3.63) is 23.8 Å². The summed E-state index contributed by atoms with van der Waals surface area (Å²) < 4.78 is 22.8. The molecule has 3 rings (SSSR count). The first-order valence-corrected chi connectivity index (χ1v) is 8.66. The van der Waals surface area contributed by atoms with E-state index >= 15 is 0 Å². The van der Waals surface area contributed by atoms with Gasteiger partial charge in [-0.2, -0.15) is 0 Å². The summed E-state index contributed by atoms with van der Waals surface area (Å²) in [6.07, 6.45) is 0.277. The zero-order valence-electron chi connectivity index (χ0n) is 11.9. The SMILES string of the molecule is Cc1cccc2c(N=NC(=O)[C@H]3CCS(=O)(=O)C3)c(O)[nH]c12. The maximum absolute atomic E-state index is 11.9. The lowest BCUT2D eigenvalue weighted by atomic mass is 10.1. The van der Waals surface area contributed by atoms with E-state index in [0.717, 1.165) is 11.1 Å². The minimum atomic E-state index is -3.14. The van der Waals surface area contributed by atoms with Gasteiger partial charge in [0.1, 0.15) is 0 Å². The molecular weight excluding hydrogens is 306 g/mol. The third kappa shape index (κ3) is 2.61. The van der Waals surface area contributed by atoms with Gasteiger partial charge in [0.15, 0.2) is 15.5 Å². The summed E-state index contributed by atoms with van der Waals surface area (Å²) in [7, 11) is -3.14. The van der Waals surface area contributed by atoms with E-state index in [9.17, 15) is 18.3 Å². The molecule has 1 saturated heterocycles. The van der Waals surface area contributed by atoms with Gasteiger partial charge in [0.2, 0.25) is 5.88 Å². The summed E-state index contributed by atoms with van der Waals surface area (Å²) in [5.41, 5.74) is 1.85. The number of azo groups is 1. The number of carbonyl (C=O) groups excluding carboxylic acids is 1. The third-order valence-corrected chi connectivity index (χ3v) is 5.59. The average molecular weight is 321 g/mol. The van der Waals surface area contributed by atoms with Crippen molar-refractivity contribution in [1.29, 1.82) is 0 Å². The quantitative estimate of drug-likeness (QED) is 0.826. The van der Waals surface area contributed by atoms with Gasteiger partial charge in [-0.25, -0.2) is 8.42 Å². The maximum Gasteiger partial charge on any atom is 0.268 e. The number of fused-ring (bicyclic) bond motifs is 1. The Morgan fingerprint density at radius 2 is 2.18 bits per heavy atom. The zero-order valence-corrected chi connectivity index (χ0v) is 12.7. The van der Waals surface area contributed by atoms with Gasteiger partial charge >= 0.3 is 0 Å². The normalized spacial score (nSPS) is 20.9. The van der Waals surface area contributed by atoms with E-state index in [1.54, 1.807) is 6.07 Å². The molecule has 1 aliphatic rings. The largest absolute Gasteiger partial charge is 0.493 e. The van der Waals surface area contributed by atoms with Crippen molar-refractivity contribution in [2.45, 2.75) is 13.3 Å². The van der Waals surface area contributed by atoms with Gasteiger partial charge in [-0.1, -0.05) is 18.2 Å². The number of H-pyrrole nitrogens is 1. The number of carbonyl (C=O) groups is 1. The number of amides is 1. The predicted molar refractivity (Wildman–Crippen MR) is 81.0 cm³/mol. The van der Waals surface area contributed by atoms with Gasteiger partial charge in [-0.15, -0.1) is 10.2 Å². The maximum atomic E-state index is 11.9. The number of aromatic hydroxyl groups is 1. The Bertz CT molecular complexity index is 883. The van der Waals surface area contributed by atoms with Gasteiger partial charge in [0.05, 0.1) is 22.9 Å². The lowest BCUT2D eigenvalue weighted by Gasteiger charge is -1.99. The molecule has 1 atom stereocenters. The predicted octanol–water partition coefficient (Wildman–Crippen LogP) is 2.23. The van der Waals surface area contributed by atoms with Crippen LogP contribution in [0.1, 0.15) is 12.0 Å². The van der Waals surface area contributed by atoms with Crippen LogP contribution in [0.4, 0.5) is 5.69 Å². The number of nitrogens with zero attached hydrogens (tertiary/aromatic N) is 2. The molecule has 0 radical (unpaired) electrons. The first-order chi connectivity index (χ1) is 10.4. The van der Waals surface area contributed by atoms with Crippen molar-refractivity contribution in [1.82, 2.24) is 4.98 Å². The second-order valence-electron chi connectivity index (χ2n) is 5.46. The van der Waals surface area contributed by atoms with Crippen molar-refractivity contribution in [3.63, 3.8) is 0 Å². The highest BCUT2D eigenvalue weighted by molar-refractivity contribution is 7.91. The lowest BCUT2D eigenvalue weighted by molar-refractivity contribution is -0.121. The van der Waals surface area contributed by atoms with Crippen LogP contribution < -0.4 is 0 Å². The summed E-state index contributed by atoms with van der Waals surface area (Å²) in [4.78, 5) is 14.7. The second-order valence-corrected chi connectivity index (χ2v) is 7.69. The molecule has 1 aromatic heterocycles. The van der Waals surface area contributed by atoms with Crippen LogP contribution in [0, 0.1) is 12.8 Å². The first-order valence-electron chi connectivity index (χ1n) is 6.83. The Morgan fingerprint density at radius 1 is 1.41 bits per heavy atom. The van der Waals surface area contributed by atoms with Crippen molar-refractivity contribution >= 4 is 32.3 Å². The number of aryl methyl sites for hydroxylation is 1. The van der Waals surface area contributed by atoms with Crippen molar-refractivity contribution < 1.29 is 18.3 Å². The molecule has 0 aliphatic carbocycles. The van der Waals surface area contributed by atoms with Crippen LogP contribution in [-0.2, 0) is 14.6 Å². The summed E-state index contributed by atoms with van der Waals surface area (Å²) in [6, 6.07) is 5.46. The number of nitrogens with one attached hydrogen (secondary N) is 1. The number of aromatic nitrogens is 1. The molecule has 1 aromatic carbocycles. The van der Waals surface area contributed by atoms with Gasteiger partial charge in [-0.05, 0) is 18.9 Å². The van der Waals surface area contributed by atoms with Crippen molar-refractivity contribution in [2.75, 3.05) is 11.5 Å². The molecule has 1 aliphatic heterocycles. The Hall–Kier alpha value is -2.22. The number of hydrogen-bond acceptors (Lipinski definition) is 5. The van der Waals surface area contributed by atoms with Crippen LogP contribution >= 0.6 is 0 Å². The van der Waals surface area contributed by atoms with Gasteiger partial charge in [0, 0.05) is 5.39 Å². The molecule has 7 nitrogen and oxygen atoms in total. The monoisotopic (exact) mass is 321 g/mol. The molecule has 2 N–H and O–H groups in total. The number of para-hydroxylation sites is 1. The Labute approximate surface area is 127 Å². The molecule has 0 saturated carbocycles. The molecule has 1 fully saturated rings. The van der Waals surface area contributed by atoms with E-state index in [1.807, 2.05) is 19.1 Å². The summed E-state index contributed by atoms with van der Waals surface area (Å²) in [6.45, 7) is 1.88. The second kappa shape index (κ2) is 5.20. The van der Waals surface area contributed by atoms with Gasteiger partial charge < -0.3 is 10.1 Å². The molecule has 0 bridgehead atoms. The number of rotatable bonds is 2. The molecule has 2 aromatic rings. The van der Waals surface area contributed by atoms with Crippen LogP contribution in [0.2, 0.25) is 0 Å². The Kier molecular flexibility index (Phi) is 3.48. The minimum absolute atomic E-state index is 0.0104. The Balaban J connectivity index is 1.89. The lowest BCUT2D eigenvalue weighted by Crippen LogP contribution is -2.13. The first kappa shape index (κ1) is 14.7. The van der Waals surface area contributed by atoms with E-state index in [-0.39, 0.29) is 29.5 Å². The van der Waals surface area contributed by atoms with Crippen LogP contribution in [0.5, 0.6) is 5.88 Å². The molecule has 1 amide bonds. The highest BCUT2D eigenvalue weighted by Gasteiger charge is 2.33. The number of benzene rings is 1. The van der Waals surface area contributed by atoms with Crippen LogP contribution in [-0.4, -0.2) is 35.9 Å². The topological polar surface area (TPSA) is 112 Å². The fourth-order valence-electron chi connectivity index (χ4n) is 2.61. The standard InChI is InChI=1S/C14H15N3O4S/c1-8-3-2-4-10-11(8)15-14(19)12(10)16-17-13(18)9-5-6-22(20,21)7-9/h2-4,9,15,19H,5-7H2,1H3/t9-/m0/s1. The molecule has 116 valence electrons. The fourth-order valence-corrected chi connectivity index (χ4v) is 4.34. The smallest absolute Gasteiger partial charge is 0.268 e. The van der Waals surface area contributed by atoms with Gasteiger partial charge in [-0.3, -0.25) is 4.79 Å². The molecule has 0 unspecified atom stereocenters. The van der Waals surface area contributed by atoms with E-state index in [2.05, 4.69) is 15.2 Å². The molecule has 0 spiro atoms.